The summed E-state index contributed by atoms with van der Waals surface area (Å²) in [7, 11) is 1.65. The molecule has 3 rings (SSSR count). The lowest BCUT2D eigenvalue weighted by Gasteiger charge is -2.33. The fourth-order valence-electron chi connectivity index (χ4n) is 3.77. The third kappa shape index (κ3) is 6.07. The van der Waals surface area contributed by atoms with Crippen molar-refractivity contribution in [1.29, 1.82) is 0 Å². The number of nitrogens with zero attached hydrogens (tertiary/aromatic N) is 3. The van der Waals surface area contributed by atoms with Gasteiger partial charge in [0.15, 0.2) is 0 Å². The minimum Gasteiger partial charge on any atom is -0.496 e. The van der Waals surface area contributed by atoms with E-state index in [2.05, 4.69) is 32.4 Å². The topological polar surface area (TPSA) is 79.4 Å². The summed E-state index contributed by atoms with van der Waals surface area (Å²) < 4.78 is 5.34. The number of benzene rings is 1. The highest BCUT2D eigenvalue weighted by Gasteiger charge is 2.22. The Bertz CT molecular complexity index is 798. The van der Waals surface area contributed by atoms with Gasteiger partial charge in [0.1, 0.15) is 23.7 Å². The van der Waals surface area contributed by atoms with Gasteiger partial charge in [-0.2, -0.15) is 0 Å². The van der Waals surface area contributed by atoms with E-state index in [1.54, 1.807) is 13.4 Å². The molecule has 0 bridgehead atoms. The molecule has 7 nitrogen and oxygen atoms in total. The van der Waals surface area contributed by atoms with E-state index in [1.165, 1.54) is 0 Å². The van der Waals surface area contributed by atoms with Crippen molar-refractivity contribution in [2.45, 2.75) is 39.2 Å². The predicted molar refractivity (Wildman–Crippen MR) is 115 cm³/mol. The maximum atomic E-state index is 12.3. The summed E-state index contributed by atoms with van der Waals surface area (Å²) >= 11 is 0. The molecule has 2 heterocycles. The lowest BCUT2D eigenvalue weighted by molar-refractivity contribution is -0.121. The molecule has 1 atom stereocenters. The maximum absolute atomic E-state index is 12.3. The van der Waals surface area contributed by atoms with Crippen LogP contribution in [0.2, 0.25) is 0 Å². The van der Waals surface area contributed by atoms with Crippen LogP contribution in [0.1, 0.15) is 38.2 Å². The number of ether oxygens (including phenoxy) is 1. The van der Waals surface area contributed by atoms with Crippen LogP contribution in [0.3, 0.4) is 0 Å². The number of nitrogens with one attached hydrogen (secondary N) is 2. The Hall–Kier alpha value is -2.83. The van der Waals surface area contributed by atoms with Gasteiger partial charge in [-0.3, -0.25) is 4.79 Å². The molecule has 0 aliphatic carbocycles. The number of hydrogen-bond acceptors (Lipinski definition) is 6. The number of methoxy groups -OCH3 is 1. The van der Waals surface area contributed by atoms with Gasteiger partial charge < -0.3 is 20.3 Å². The van der Waals surface area contributed by atoms with Crippen molar-refractivity contribution in [2.75, 3.05) is 37.0 Å². The highest BCUT2D eigenvalue weighted by molar-refractivity contribution is 5.75. The number of hydrogen-bond donors (Lipinski definition) is 2. The van der Waals surface area contributed by atoms with E-state index in [0.717, 1.165) is 61.8 Å². The van der Waals surface area contributed by atoms with E-state index in [1.807, 2.05) is 30.3 Å². The predicted octanol–water partition coefficient (Wildman–Crippen LogP) is 3.23. The Kier molecular flexibility index (Phi) is 7.67. The number of rotatable bonds is 9. The van der Waals surface area contributed by atoms with Gasteiger partial charge in [-0.1, -0.05) is 18.2 Å². The molecule has 2 aromatic rings. The van der Waals surface area contributed by atoms with Crippen LogP contribution >= 0.6 is 0 Å². The van der Waals surface area contributed by atoms with E-state index >= 15 is 0 Å². The molecular formula is C22H31N5O2. The van der Waals surface area contributed by atoms with Gasteiger partial charge in [0.05, 0.1) is 7.11 Å². The number of carbonyl (C=O) groups is 1. The Morgan fingerprint density at radius 2 is 2.17 bits per heavy atom. The zero-order valence-corrected chi connectivity index (χ0v) is 17.4. The van der Waals surface area contributed by atoms with E-state index in [0.29, 0.717) is 18.9 Å². The molecule has 29 heavy (non-hydrogen) atoms. The van der Waals surface area contributed by atoms with Gasteiger partial charge in [0.25, 0.3) is 0 Å². The van der Waals surface area contributed by atoms with E-state index in [9.17, 15) is 4.79 Å². The first-order valence-corrected chi connectivity index (χ1v) is 10.4. The standard InChI is InChI=1S/C22H31N5O2/c1-3-23-20-13-21(26-16-25-20)27-12-6-7-17(15-27)10-11-22(28)24-14-18-8-4-5-9-19(18)29-2/h4-5,8-9,13,16-17H,3,6-7,10-12,14-15H2,1-2H3,(H,24,28)(H,23,25,26)/t17-/m0/s1. The van der Waals surface area contributed by atoms with Crippen molar-refractivity contribution in [1.82, 2.24) is 15.3 Å². The van der Waals surface area contributed by atoms with Crippen LogP contribution in [-0.2, 0) is 11.3 Å². The summed E-state index contributed by atoms with van der Waals surface area (Å²) in [5, 5.41) is 6.25. The minimum absolute atomic E-state index is 0.0875. The Morgan fingerprint density at radius 1 is 1.31 bits per heavy atom. The summed E-state index contributed by atoms with van der Waals surface area (Å²) in [5.74, 6) is 3.21. The van der Waals surface area contributed by atoms with Gasteiger partial charge >= 0.3 is 0 Å². The SMILES string of the molecule is CCNc1cc(N2CCC[C@@H](CCC(=O)NCc3ccccc3OC)C2)ncn1. The van der Waals surface area contributed by atoms with Gasteiger partial charge in [-0.05, 0) is 38.2 Å². The molecule has 0 radical (unpaired) electrons. The van der Waals surface area contributed by atoms with Gasteiger partial charge in [-0.25, -0.2) is 9.97 Å². The smallest absolute Gasteiger partial charge is 0.220 e. The molecule has 2 N–H and O–H groups in total. The third-order valence-corrected chi connectivity index (χ3v) is 5.30. The lowest BCUT2D eigenvalue weighted by atomic mass is 9.93. The molecule has 7 heteroatoms. The molecule has 1 amide bonds. The molecular weight excluding hydrogens is 366 g/mol. The zero-order valence-electron chi connectivity index (χ0n) is 17.4. The highest BCUT2D eigenvalue weighted by Crippen LogP contribution is 2.25. The summed E-state index contributed by atoms with van der Waals surface area (Å²) in [6.45, 7) is 5.32. The molecule has 0 unspecified atom stereocenters. The molecule has 1 saturated heterocycles. The van der Waals surface area contributed by atoms with Crippen molar-refractivity contribution in [3.63, 3.8) is 0 Å². The fourth-order valence-corrected chi connectivity index (χ4v) is 3.77. The van der Waals surface area contributed by atoms with Crippen LogP contribution in [0, 0.1) is 5.92 Å². The zero-order chi connectivity index (χ0) is 20.5. The average molecular weight is 398 g/mol. The fraction of sp³-hybridized carbons (Fsp3) is 0.500. The lowest BCUT2D eigenvalue weighted by Crippen LogP contribution is -2.36. The second kappa shape index (κ2) is 10.6. The van der Waals surface area contributed by atoms with Crippen LogP contribution in [-0.4, -0.2) is 42.6 Å². The Morgan fingerprint density at radius 3 is 3.00 bits per heavy atom. The highest BCUT2D eigenvalue weighted by atomic mass is 16.5. The van der Waals surface area contributed by atoms with Gasteiger partial charge in [0, 0.05) is 44.2 Å². The van der Waals surface area contributed by atoms with E-state index in [-0.39, 0.29) is 5.91 Å². The van der Waals surface area contributed by atoms with Crippen molar-refractivity contribution in [3.05, 3.63) is 42.2 Å². The average Bonchev–Trinajstić information content (AvgIpc) is 2.77. The Balaban J connectivity index is 1.46. The second-order valence-corrected chi connectivity index (χ2v) is 7.37. The number of carbonyl (C=O) groups excluding carboxylic acids is 1. The summed E-state index contributed by atoms with van der Waals surface area (Å²) in [5.41, 5.74) is 0.993. The molecule has 1 aliphatic rings. The van der Waals surface area contributed by atoms with Crippen LogP contribution in [0.25, 0.3) is 0 Å². The number of aromatic nitrogens is 2. The van der Waals surface area contributed by atoms with Gasteiger partial charge in [0.2, 0.25) is 5.91 Å². The van der Waals surface area contributed by atoms with Crippen LogP contribution in [0.5, 0.6) is 5.75 Å². The third-order valence-electron chi connectivity index (χ3n) is 5.30. The van der Waals surface area contributed by atoms with Crippen molar-refractivity contribution in [2.24, 2.45) is 5.92 Å². The van der Waals surface area contributed by atoms with Crippen LogP contribution in [0.4, 0.5) is 11.6 Å². The van der Waals surface area contributed by atoms with E-state index < -0.39 is 0 Å². The summed E-state index contributed by atoms with van der Waals surface area (Å²) in [6, 6.07) is 9.77. The molecule has 1 aliphatic heterocycles. The number of piperidine rings is 1. The maximum Gasteiger partial charge on any atom is 0.220 e. The number of anilines is 2. The van der Waals surface area contributed by atoms with Crippen molar-refractivity contribution < 1.29 is 9.53 Å². The van der Waals surface area contributed by atoms with Gasteiger partial charge in [-0.15, -0.1) is 0 Å². The molecule has 0 spiro atoms. The first kappa shape index (κ1) is 20.9. The molecule has 156 valence electrons. The molecule has 0 saturated carbocycles. The monoisotopic (exact) mass is 397 g/mol. The molecule has 1 aromatic carbocycles. The quantitative estimate of drug-likeness (QED) is 0.676. The second-order valence-electron chi connectivity index (χ2n) is 7.37. The number of amides is 1. The normalized spacial score (nSPS) is 16.3. The Labute approximate surface area is 172 Å². The molecule has 1 fully saturated rings. The van der Waals surface area contributed by atoms with Crippen LogP contribution < -0.4 is 20.3 Å². The number of para-hydroxylation sites is 1. The minimum atomic E-state index is 0.0875. The first-order chi connectivity index (χ1) is 14.2. The summed E-state index contributed by atoms with van der Waals surface area (Å²) in [6.07, 6.45) is 5.32. The molecule has 1 aromatic heterocycles. The summed E-state index contributed by atoms with van der Waals surface area (Å²) in [4.78, 5) is 23.3. The first-order valence-electron chi connectivity index (χ1n) is 10.4. The van der Waals surface area contributed by atoms with Crippen molar-refractivity contribution >= 4 is 17.5 Å². The van der Waals surface area contributed by atoms with E-state index in [4.69, 9.17) is 4.74 Å². The van der Waals surface area contributed by atoms with Crippen LogP contribution in [0.15, 0.2) is 36.7 Å². The largest absolute Gasteiger partial charge is 0.496 e. The van der Waals surface area contributed by atoms with Crippen molar-refractivity contribution in [3.8, 4) is 5.75 Å².